The molecular weight excluding hydrogens is 170 g/mol. The van der Waals surface area contributed by atoms with Crippen molar-refractivity contribution in [3.05, 3.63) is 11.8 Å². The number of aromatic nitrogens is 2. The van der Waals surface area contributed by atoms with Crippen LogP contribution in [0.1, 0.15) is 37.3 Å². The molecule has 0 saturated carbocycles. The molecule has 1 rings (SSSR count). The normalized spacial score (nSPS) is 11.6. The maximum absolute atomic E-state index is 10.6. The van der Waals surface area contributed by atoms with Crippen LogP contribution in [0.15, 0.2) is 4.42 Å². The molecule has 0 aromatic carbocycles. The molecule has 0 atom stereocenters. The van der Waals surface area contributed by atoms with Crippen LogP contribution in [0, 0.1) is 5.41 Å². The minimum absolute atomic E-state index is 0.0570. The first-order valence-electron chi connectivity index (χ1n) is 4.01. The maximum Gasteiger partial charge on any atom is 0.306 e. The first kappa shape index (κ1) is 9.70. The molecule has 0 bridgehead atoms. The Morgan fingerprint density at radius 2 is 2.08 bits per heavy atom. The summed E-state index contributed by atoms with van der Waals surface area (Å²) in [5, 5.41) is 7.21. The Bertz CT molecular complexity index is 311. The number of amides is 1. The fourth-order valence-electron chi connectivity index (χ4n) is 0.878. The molecule has 0 aliphatic rings. The molecule has 1 heterocycles. The SMILES string of the molecule is CC(C)(C)Cc1nnc(C(N)=O)o1. The molecule has 0 radical (unpaired) electrons. The smallest absolute Gasteiger partial charge is 0.306 e. The Morgan fingerprint density at radius 3 is 2.46 bits per heavy atom. The number of rotatable bonds is 2. The van der Waals surface area contributed by atoms with Gasteiger partial charge in [-0.05, 0) is 5.41 Å². The second-order valence-electron chi connectivity index (χ2n) is 4.10. The summed E-state index contributed by atoms with van der Waals surface area (Å²) in [4.78, 5) is 10.6. The van der Waals surface area contributed by atoms with E-state index in [2.05, 4.69) is 10.2 Å². The first-order valence-corrected chi connectivity index (χ1v) is 4.01. The highest BCUT2D eigenvalue weighted by Gasteiger charge is 2.17. The Kier molecular flexibility index (Phi) is 2.36. The lowest BCUT2D eigenvalue weighted by Gasteiger charge is -2.13. The van der Waals surface area contributed by atoms with Crippen molar-refractivity contribution in [2.24, 2.45) is 11.1 Å². The van der Waals surface area contributed by atoms with Crippen LogP contribution in [0.5, 0.6) is 0 Å². The minimum Gasteiger partial charge on any atom is -0.417 e. The lowest BCUT2D eigenvalue weighted by molar-refractivity contribution is 0.0964. The number of primary amides is 1. The molecule has 5 nitrogen and oxygen atoms in total. The van der Waals surface area contributed by atoms with Gasteiger partial charge in [-0.1, -0.05) is 20.8 Å². The molecular formula is C8H13N3O2. The van der Waals surface area contributed by atoms with E-state index in [0.29, 0.717) is 12.3 Å². The van der Waals surface area contributed by atoms with Crippen LogP contribution in [-0.2, 0) is 6.42 Å². The van der Waals surface area contributed by atoms with Crippen molar-refractivity contribution in [2.45, 2.75) is 27.2 Å². The summed E-state index contributed by atoms with van der Waals surface area (Å²) in [5.41, 5.74) is 5.01. The van der Waals surface area contributed by atoms with E-state index >= 15 is 0 Å². The molecule has 1 amide bonds. The van der Waals surface area contributed by atoms with E-state index < -0.39 is 5.91 Å². The van der Waals surface area contributed by atoms with E-state index in [1.54, 1.807) is 0 Å². The van der Waals surface area contributed by atoms with Gasteiger partial charge in [0, 0.05) is 6.42 Å². The van der Waals surface area contributed by atoms with Gasteiger partial charge in [0.25, 0.3) is 0 Å². The van der Waals surface area contributed by atoms with Gasteiger partial charge in [0.15, 0.2) is 0 Å². The number of hydrogen-bond donors (Lipinski definition) is 1. The molecule has 0 spiro atoms. The quantitative estimate of drug-likeness (QED) is 0.733. The van der Waals surface area contributed by atoms with Gasteiger partial charge in [-0.3, -0.25) is 4.79 Å². The van der Waals surface area contributed by atoms with Gasteiger partial charge >= 0.3 is 11.8 Å². The van der Waals surface area contributed by atoms with Gasteiger partial charge in [0.2, 0.25) is 5.89 Å². The monoisotopic (exact) mass is 183 g/mol. The Morgan fingerprint density at radius 1 is 1.46 bits per heavy atom. The van der Waals surface area contributed by atoms with Crippen molar-refractivity contribution >= 4 is 5.91 Å². The number of carbonyl (C=O) groups is 1. The summed E-state index contributed by atoms with van der Waals surface area (Å²) in [5.74, 6) is -0.367. The van der Waals surface area contributed by atoms with Gasteiger partial charge in [-0.25, -0.2) is 0 Å². The van der Waals surface area contributed by atoms with Crippen molar-refractivity contribution < 1.29 is 9.21 Å². The predicted molar refractivity (Wildman–Crippen MR) is 46.0 cm³/mol. The third-order valence-electron chi connectivity index (χ3n) is 1.36. The zero-order chi connectivity index (χ0) is 10.1. The topological polar surface area (TPSA) is 82.0 Å². The third kappa shape index (κ3) is 2.85. The van der Waals surface area contributed by atoms with E-state index in [4.69, 9.17) is 10.2 Å². The summed E-state index contributed by atoms with van der Waals surface area (Å²) in [6.45, 7) is 6.13. The molecule has 1 aromatic heterocycles. The molecule has 0 aliphatic carbocycles. The lowest BCUT2D eigenvalue weighted by Crippen LogP contribution is -2.11. The average molecular weight is 183 g/mol. The summed E-state index contributed by atoms with van der Waals surface area (Å²) in [6, 6.07) is 0. The highest BCUT2D eigenvalue weighted by atomic mass is 16.4. The highest BCUT2D eigenvalue weighted by Crippen LogP contribution is 2.19. The van der Waals surface area contributed by atoms with Gasteiger partial charge in [0.05, 0.1) is 0 Å². The van der Waals surface area contributed by atoms with Crippen LogP contribution in [0.2, 0.25) is 0 Å². The molecule has 13 heavy (non-hydrogen) atoms. The molecule has 72 valence electrons. The second kappa shape index (κ2) is 3.16. The fourth-order valence-corrected chi connectivity index (χ4v) is 0.878. The standard InChI is InChI=1S/C8H13N3O2/c1-8(2,3)4-5-10-11-7(13-5)6(9)12/h4H2,1-3H3,(H2,9,12). The van der Waals surface area contributed by atoms with Crippen molar-refractivity contribution in [1.29, 1.82) is 0 Å². The average Bonchev–Trinajstić information content (AvgIpc) is 2.31. The molecule has 0 saturated heterocycles. The number of carbonyl (C=O) groups excluding carboxylic acids is 1. The molecule has 2 N–H and O–H groups in total. The summed E-state index contributed by atoms with van der Waals surface area (Å²) >= 11 is 0. The van der Waals surface area contributed by atoms with Crippen LogP contribution < -0.4 is 5.73 Å². The van der Waals surface area contributed by atoms with Crippen molar-refractivity contribution in [3.8, 4) is 0 Å². The van der Waals surface area contributed by atoms with Crippen LogP contribution in [0.3, 0.4) is 0 Å². The fraction of sp³-hybridized carbons (Fsp3) is 0.625. The van der Waals surface area contributed by atoms with Crippen LogP contribution in [-0.4, -0.2) is 16.1 Å². The summed E-state index contributed by atoms with van der Waals surface area (Å²) in [7, 11) is 0. The van der Waals surface area contributed by atoms with Gasteiger partial charge in [-0.15, -0.1) is 10.2 Å². The van der Waals surface area contributed by atoms with Crippen LogP contribution in [0.4, 0.5) is 0 Å². The van der Waals surface area contributed by atoms with Crippen molar-refractivity contribution in [3.63, 3.8) is 0 Å². The molecule has 0 fully saturated rings. The molecule has 0 aliphatic heterocycles. The highest BCUT2D eigenvalue weighted by molar-refractivity contribution is 5.87. The molecule has 1 aromatic rings. The van der Waals surface area contributed by atoms with E-state index in [1.807, 2.05) is 20.8 Å². The molecule has 0 unspecified atom stereocenters. The Hall–Kier alpha value is -1.39. The van der Waals surface area contributed by atoms with E-state index in [1.165, 1.54) is 0 Å². The van der Waals surface area contributed by atoms with Crippen LogP contribution in [0.25, 0.3) is 0 Å². The van der Waals surface area contributed by atoms with E-state index in [9.17, 15) is 4.79 Å². The van der Waals surface area contributed by atoms with Crippen molar-refractivity contribution in [1.82, 2.24) is 10.2 Å². The summed E-state index contributed by atoms with van der Waals surface area (Å²) < 4.78 is 5.02. The van der Waals surface area contributed by atoms with E-state index in [0.717, 1.165) is 0 Å². The van der Waals surface area contributed by atoms with E-state index in [-0.39, 0.29) is 11.3 Å². The van der Waals surface area contributed by atoms with Gasteiger partial charge in [0.1, 0.15) is 0 Å². The zero-order valence-electron chi connectivity index (χ0n) is 8.00. The van der Waals surface area contributed by atoms with Crippen molar-refractivity contribution in [2.75, 3.05) is 0 Å². The second-order valence-corrected chi connectivity index (χ2v) is 4.10. The Labute approximate surface area is 76.3 Å². The zero-order valence-corrected chi connectivity index (χ0v) is 8.00. The van der Waals surface area contributed by atoms with Gasteiger partial charge < -0.3 is 10.2 Å². The molecule has 5 heteroatoms. The number of hydrogen-bond acceptors (Lipinski definition) is 4. The number of nitrogens with two attached hydrogens (primary N) is 1. The lowest BCUT2D eigenvalue weighted by atomic mass is 9.92. The first-order chi connectivity index (χ1) is 5.88. The largest absolute Gasteiger partial charge is 0.417 e. The maximum atomic E-state index is 10.6. The van der Waals surface area contributed by atoms with Crippen LogP contribution >= 0.6 is 0 Å². The Balaban J connectivity index is 2.75. The third-order valence-corrected chi connectivity index (χ3v) is 1.36. The van der Waals surface area contributed by atoms with Gasteiger partial charge in [-0.2, -0.15) is 0 Å². The minimum atomic E-state index is -0.687. The summed E-state index contributed by atoms with van der Waals surface area (Å²) in [6.07, 6.45) is 0.632. The number of nitrogens with zero attached hydrogens (tertiary/aromatic N) is 2. The predicted octanol–water partition coefficient (Wildman–Crippen LogP) is 0.757.